The zero-order valence-corrected chi connectivity index (χ0v) is 10.6. The SMILES string of the molecule is O=C(NCc1ccc(F)cc1)NC1COCC1C(=O)O. The Kier molecular flexibility index (Phi) is 4.52. The highest BCUT2D eigenvalue weighted by atomic mass is 19.1. The zero-order valence-electron chi connectivity index (χ0n) is 10.6. The molecule has 1 aromatic rings. The van der Waals surface area contributed by atoms with Crippen molar-refractivity contribution >= 4 is 12.0 Å². The van der Waals surface area contributed by atoms with Crippen molar-refractivity contribution in [2.45, 2.75) is 12.6 Å². The van der Waals surface area contributed by atoms with Crippen molar-refractivity contribution in [3.8, 4) is 0 Å². The Labute approximate surface area is 114 Å². The number of halogens is 1. The van der Waals surface area contributed by atoms with E-state index in [1.807, 2.05) is 0 Å². The topological polar surface area (TPSA) is 87.7 Å². The molecule has 0 spiro atoms. The van der Waals surface area contributed by atoms with Crippen LogP contribution in [0.4, 0.5) is 9.18 Å². The summed E-state index contributed by atoms with van der Waals surface area (Å²) in [6.45, 7) is 0.511. The van der Waals surface area contributed by atoms with Crippen LogP contribution in [-0.2, 0) is 16.1 Å². The summed E-state index contributed by atoms with van der Waals surface area (Å²) in [5.41, 5.74) is 0.749. The lowest BCUT2D eigenvalue weighted by Gasteiger charge is -2.16. The minimum atomic E-state index is -0.994. The lowest BCUT2D eigenvalue weighted by Crippen LogP contribution is -2.47. The highest BCUT2D eigenvalue weighted by Crippen LogP contribution is 2.13. The number of benzene rings is 1. The first-order valence-corrected chi connectivity index (χ1v) is 6.15. The van der Waals surface area contributed by atoms with Crippen LogP contribution in [-0.4, -0.2) is 36.4 Å². The number of rotatable bonds is 4. The smallest absolute Gasteiger partial charge is 0.315 e. The summed E-state index contributed by atoms with van der Waals surface area (Å²) in [6.07, 6.45) is 0. The fourth-order valence-corrected chi connectivity index (χ4v) is 1.94. The Bertz CT molecular complexity index is 492. The van der Waals surface area contributed by atoms with Crippen LogP contribution < -0.4 is 10.6 Å². The molecule has 1 saturated heterocycles. The van der Waals surface area contributed by atoms with Gasteiger partial charge >= 0.3 is 12.0 Å². The van der Waals surface area contributed by atoms with E-state index in [4.69, 9.17) is 9.84 Å². The maximum absolute atomic E-state index is 12.7. The lowest BCUT2D eigenvalue weighted by atomic mass is 10.0. The average Bonchev–Trinajstić information content (AvgIpc) is 2.86. The predicted octanol–water partition coefficient (Wildman–Crippen LogP) is 0.724. The molecule has 1 aliphatic rings. The van der Waals surface area contributed by atoms with E-state index in [1.54, 1.807) is 12.1 Å². The number of carboxylic acids is 1. The van der Waals surface area contributed by atoms with Crippen molar-refractivity contribution in [2.24, 2.45) is 5.92 Å². The molecule has 2 unspecified atom stereocenters. The van der Waals surface area contributed by atoms with Crippen LogP contribution in [0.25, 0.3) is 0 Å². The normalized spacial score (nSPS) is 21.4. The number of carboxylic acid groups (broad SMARTS) is 1. The fourth-order valence-electron chi connectivity index (χ4n) is 1.94. The van der Waals surface area contributed by atoms with Gasteiger partial charge in [0.2, 0.25) is 0 Å². The number of amides is 2. The highest BCUT2D eigenvalue weighted by Gasteiger charge is 2.34. The molecular formula is C13H15FN2O4. The Balaban J connectivity index is 1.80. The summed E-state index contributed by atoms with van der Waals surface area (Å²) < 4.78 is 17.7. The number of carbonyl (C=O) groups excluding carboxylic acids is 1. The molecule has 1 fully saturated rings. The average molecular weight is 282 g/mol. The third-order valence-corrected chi connectivity index (χ3v) is 3.08. The minimum absolute atomic E-state index is 0.0955. The van der Waals surface area contributed by atoms with E-state index >= 15 is 0 Å². The van der Waals surface area contributed by atoms with Crippen LogP contribution in [0.1, 0.15) is 5.56 Å². The molecule has 2 atom stereocenters. The Morgan fingerprint density at radius 1 is 1.30 bits per heavy atom. The van der Waals surface area contributed by atoms with Gasteiger partial charge < -0.3 is 20.5 Å². The van der Waals surface area contributed by atoms with Gasteiger partial charge in [0.05, 0.1) is 19.3 Å². The van der Waals surface area contributed by atoms with Crippen molar-refractivity contribution in [1.82, 2.24) is 10.6 Å². The number of aliphatic carboxylic acids is 1. The number of ether oxygens (including phenoxy) is 1. The molecule has 1 heterocycles. The second kappa shape index (κ2) is 6.33. The number of hydrogen-bond donors (Lipinski definition) is 3. The Morgan fingerprint density at radius 3 is 2.65 bits per heavy atom. The van der Waals surface area contributed by atoms with E-state index in [1.165, 1.54) is 12.1 Å². The van der Waals surface area contributed by atoms with Crippen molar-refractivity contribution < 1.29 is 23.8 Å². The number of carbonyl (C=O) groups is 2. The predicted molar refractivity (Wildman–Crippen MR) is 67.5 cm³/mol. The molecule has 0 aliphatic carbocycles. The van der Waals surface area contributed by atoms with Crippen LogP contribution in [0.5, 0.6) is 0 Å². The molecular weight excluding hydrogens is 267 g/mol. The van der Waals surface area contributed by atoms with Gasteiger partial charge in [-0.1, -0.05) is 12.1 Å². The van der Waals surface area contributed by atoms with Gasteiger partial charge in [0.15, 0.2) is 0 Å². The molecule has 3 N–H and O–H groups in total. The standard InChI is InChI=1S/C13H15FN2O4/c14-9-3-1-8(2-4-9)5-15-13(19)16-11-7-20-6-10(11)12(17)18/h1-4,10-11H,5-7H2,(H,17,18)(H2,15,16,19). The first kappa shape index (κ1) is 14.3. The van der Waals surface area contributed by atoms with E-state index in [0.717, 1.165) is 5.56 Å². The number of nitrogens with one attached hydrogen (secondary N) is 2. The van der Waals surface area contributed by atoms with Gasteiger partial charge in [0.25, 0.3) is 0 Å². The number of urea groups is 1. The highest BCUT2D eigenvalue weighted by molar-refractivity contribution is 5.77. The van der Waals surface area contributed by atoms with Crippen molar-refractivity contribution in [3.63, 3.8) is 0 Å². The summed E-state index contributed by atoms with van der Waals surface area (Å²) >= 11 is 0. The molecule has 0 radical (unpaired) electrons. The third kappa shape index (κ3) is 3.67. The third-order valence-electron chi connectivity index (χ3n) is 3.08. The largest absolute Gasteiger partial charge is 0.481 e. The summed E-state index contributed by atoms with van der Waals surface area (Å²) in [5.74, 6) is -2.07. The van der Waals surface area contributed by atoms with Crippen molar-refractivity contribution in [3.05, 3.63) is 35.6 Å². The molecule has 2 rings (SSSR count). The maximum Gasteiger partial charge on any atom is 0.315 e. The molecule has 1 aliphatic heterocycles. The van der Waals surface area contributed by atoms with Crippen LogP contribution in [0.2, 0.25) is 0 Å². The monoisotopic (exact) mass is 282 g/mol. The Hall–Kier alpha value is -2.15. The van der Waals surface area contributed by atoms with Crippen molar-refractivity contribution in [2.75, 3.05) is 13.2 Å². The minimum Gasteiger partial charge on any atom is -0.481 e. The van der Waals surface area contributed by atoms with Gasteiger partial charge in [-0.2, -0.15) is 0 Å². The van der Waals surface area contributed by atoms with E-state index in [9.17, 15) is 14.0 Å². The van der Waals surface area contributed by atoms with Gasteiger partial charge in [0, 0.05) is 6.54 Å². The molecule has 20 heavy (non-hydrogen) atoms. The van der Waals surface area contributed by atoms with E-state index in [-0.39, 0.29) is 25.6 Å². The van der Waals surface area contributed by atoms with Gasteiger partial charge in [0.1, 0.15) is 11.7 Å². The second-order valence-corrected chi connectivity index (χ2v) is 4.54. The second-order valence-electron chi connectivity index (χ2n) is 4.54. The summed E-state index contributed by atoms with van der Waals surface area (Å²) in [6, 6.07) is 4.72. The zero-order chi connectivity index (χ0) is 14.5. The summed E-state index contributed by atoms with van der Waals surface area (Å²) in [7, 11) is 0. The quantitative estimate of drug-likeness (QED) is 0.759. The van der Waals surface area contributed by atoms with E-state index in [2.05, 4.69) is 10.6 Å². The van der Waals surface area contributed by atoms with Gasteiger partial charge in [-0.3, -0.25) is 4.79 Å². The van der Waals surface area contributed by atoms with Crippen LogP contribution >= 0.6 is 0 Å². The first-order valence-electron chi connectivity index (χ1n) is 6.15. The molecule has 0 aromatic heterocycles. The van der Waals surface area contributed by atoms with Crippen LogP contribution in [0.3, 0.4) is 0 Å². The molecule has 6 nitrogen and oxygen atoms in total. The maximum atomic E-state index is 12.7. The molecule has 1 aromatic carbocycles. The summed E-state index contributed by atoms with van der Waals surface area (Å²) in [5, 5.41) is 14.1. The van der Waals surface area contributed by atoms with Crippen LogP contribution in [0, 0.1) is 11.7 Å². The van der Waals surface area contributed by atoms with E-state index < -0.39 is 24.0 Å². The molecule has 2 amide bonds. The lowest BCUT2D eigenvalue weighted by molar-refractivity contribution is -0.142. The fraction of sp³-hybridized carbons (Fsp3) is 0.385. The van der Waals surface area contributed by atoms with Gasteiger partial charge in [-0.05, 0) is 17.7 Å². The molecule has 7 heteroatoms. The van der Waals surface area contributed by atoms with Crippen molar-refractivity contribution in [1.29, 1.82) is 0 Å². The Morgan fingerprint density at radius 2 is 2.00 bits per heavy atom. The molecule has 0 saturated carbocycles. The number of hydrogen-bond acceptors (Lipinski definition) is 3. The van der Waals surface area contributed by atoms with Crippen LogP contribution in [0.15, 0.2) is 24.3 Å². The summed E-state index contributed by atoms with van der Waals surface area (Å²) in [4.78, 5) is 22.6. The van der Waals surface area contributed by atoms with Gasteiger partial charge in [-0.15, -0.1) is 0 Å². The van der Waals surface area contributed by atoms with E-state index in [0.29, 0.717) is 0 Å². The molecule has 0 bridgehead atoms. The molecule has 108 valence electrons. The van der Waals surface area contributed by atoms with Gasteiger partial charge in [-0.25, -0.2) is 9.18 Å². The first-order chi connectivity index (χ1) is 9.56.